The first-order valence-electron chi connectivity index (χ1n) is 7.78. The highest BCUT2D eigenvalue weighted by atomic mass is 16.5. The average molecular weight is 330 g/mol. The van der Waals surface area contributed by atoms with Crippen LogP contribution in [0.4, 0.5) is 11.6 Å². The normalized spacial score (nSPS) is 10.1. The van der Waals surface area contributed by atoms with E-state index in [9.17, 15) is 4.79 Å². The molecule has 0 aliphatic heterocycles. The summed E-state index contributed by atoms with van der Waals surface area (Å²) in [7, 11) is 3.15. The third kappa shape index (κ3) is 4.58. The molecular formula is C17H22N4O3. The van der Waals surface area contributed by atoms with E-state index in [4.69, 9.17) is 9.47 Å². The highest BCUT2D eigenvalue weighted by Gasteiger charge is 2.09. The minimum Gasteiger partial charge on any atom is -0.493 e. The molecule has 0 saturated heterocycles. The molecule has 2 N–H and O–H groups in total. The second-order valence-corrected chi connectivity index (χ2v) is 5.07. The molecule has 0 radical (unpaired) electrons. The molecule has 7 heteroatoms. The summed E-state index contributed by atoms with van der Waals surface area (Å²) < 4.78 is 10.5. The fourth-order valence-electron chi connectivity index (χ4n) is 2.06. The van der Waals surface area contributed by atoms with Crippen molar-refractivity contribution in [2.45, 2.75) is 19.8 Å². The van der Waals surface area contributed by atoms with Crippen LogP contribution < -0.4 is 20.1 Å². The Morgan fingerprint density at radius 3 is 2.67 bits per heavy atom. The minimum absolute atomic E-state index is 0.207. The Hall–Kier alpha value is -2.83. The molecule has 1 heterocycles. The van der Waals surface area contributed by atoms with Crippen LogP contribution in [0.5, 0.6) is 11.5 Å². The van der Waals surface area contributed by atoms with Crippen molar-refractivity contribution in [1.82, 2.24) is 15.3 Å². The summed E-state index contributed by atoms with van der Waals surface area (Å²) in [6.07, 6.45) is 3.51. The number of amides is 1. The standard InChI is InChI=1S/C17H22N4O3/c1-4-5-9-18-16(22)13-8-10-19-17(21-13)20-12-6-7-14(23-2)15(11-12)24-3/h6-8,10-11H,4-5,9H2,1-3H3,(H,18,22)(H,19,20,21). The molecule has 1 aromatic heterocycles. The number of carbonyl (C=O) groups excluding carboxylic acids is 1. The van der Waals surface area contributed by atoms with Gasteiger partial charge in [0.05, 0.1) is 14.2 Å². The van der Waals surface area contributed by atoms with Crippen LogP contribution in [0.25, 0.3) is 0 Å². The molecule has 1 amide bonds. The molecule has 2 rings (SSSR count). The Morgan fingerprint density at radius 2 is 1.96 bits per heavy atom. The van der Waals surface area contributed by atoms with E-state index < -0.39 is 0 Å². The second kappa shape index (κ2) is 8.71. The third-order valence-electron chi connectivity index (χ3n) is 3.34. The van der Waals surface area contributed by atoms with E-state index in [1.165, 1.54) is 0 Å². The molecule has 24 heavy (non-hydrogen) atoms. The molecule has 0 spiro atoms. The Morgan fingerprint density at radius 1 is 1.17 bits per heavy atom. The van der Waals surface area contributed by atoms with Crippen molar-refractivity contribution in [3.63, 3.8) is 0 Å². The van der Waals surface area contributed by atoms with Crippen molar-refractivity contribution in [2.75, 3.05) is 26.1 Å². The Bertz CT molecular complexity index is 691. The van der Waals surface area contributed by atoms with Crippen LogP contribution in [0.15, 0.2) is 30.5 Å². The minimum atomic E-state index is -0.207. The maximum Gasteiger partial charge on any atom is 0.270 e. The van der Waals surface area contributed by atoms with Crippen molar-refractivity contribution in [2.24, 2.45) is 0 Å². The van der Waals surface area contributed by atoms with Gasteiger partial charge in [-0.15, -0.1) is 0 Å². The van der Waals surface area contributed by atoms with E-state index in [2.05, 4.69) is 27.5 Å². The Labute approximate surface area is 141 Å². The van der Waals surface area contributed by atoms with Crippen molar-refractivity contribution in [1.29, 1.82) is 0 Å². The first kappa shape index (κ1) is 17.5. The number of rotatable bonds is 8. The molecule has 0 unspecified atom stereocenters. The van der Waals surface area contributed by atoms with E-state index in [0.717, 1.165) is 18.5 Å². The number of benzene rings is 1. The van der Waals surface area contributed by atoms with Gasteiger partial charge in [-0.3, -0.25) is 4.79 Å². The number of unbranched alkanes of at least 4 members (excludes halogenated alkanes) is 1. The van der Waals surface area contributed by atoms with Gasteiger partial charge in [-0.05, 0) is 24.6 Å². The van der Waals surface area contributed by atoms with Gasteiger partial charge in [-0.2, -0.15) is 0 Å². The van der Waals surface area contributed by atoms with Gasteiger partial charge in [0.15, 0.2) is 11.5 Å². The number of hydrogen-bond donors (Lipinski definition) is 2. The summed E-state index contributed by atoms with van der Waals surface area (Å²) >= 11 is 0. The number of hydrogen-bond acceptors (Lipinski definition) is 6. The maximum atomic E-state index is 12.0. The smallest absolute Gasteiger partial charge is 0.270 e. The number of nitrogens with one attached hydrogen (secondary N) is 2. The van der Waals surface area contributed by atoms with Gasteiger partial charge in [-0.1, -0.05) is 13.3 Å². The van der Waals surface area contributed by atoms with Crippen LogP contribution in [-0.4, -0.2) is 36.6 Å². The summed E-state index contributed by atoms with van der Waals surface area (Å²) in [5, 5.41) is 5.89. The van der Waals surface area contributed by atoms with Crippen LogP contribution in [0, 0.1) is 0 Å². The first-order valence-corrected chi connectivity index (χ1v) is 7.78. The molecule has 0 aliphatic rings. The van der Waals surface area contributed by atoms with Crippen LogP contribution in [0.1, 0.15) is 30.3 Å². The van der Waals surface area contributed by atoms with Gasteiger partial charge in [-0.25, -0.2) is 9.97 Å². The van der Waals surface area contributed by atoms with Gasteiger partial charge < -0.3 is 20.1 Å². The summed E-state index contributed by atoms with van der Waals surface area (Å²) in [4.78, 5) is 20.4. The van der Waals surface area contributed by atoms with Crippen molar-refractivity contribution in [3.8, 4) is 11.5 Å². The first-order chi connectivity index (χ1) is 11.7. The van der Waals surface area contributed by atoms with Crippen LogP contribution >= 0.6 is 0 Å². The fraction of sp³-hybridized carbons (Fsp3) is 0.353. The highest BCUT2D eigenvalue weighted by Crippen LogP contribution is 2.30. The van der Waals surface area contributed by atoms with Gasteiger partial charge in [0.1, 0.15) is 5.69 Å². The Kier molecular flexibility index (Phi) is 6.36. The van der Waals surface area contributed by atoms with E-state index in [0.29, 0.717) is 29.7 Å². The van der Waals surface area contributed by atoms with Crippen LogP contribution in [0.2, 0.25) is 0 Å². The molecule has 0 aliphatic carbocycles. The van der Waals surface area contributed by atoms with E-state index in [-0.39, 0.29) is 5.91 Å². The SMILES string of the molecule is CCCCNC(=O)c1ccnc(Nc2ccc(OC)c(OC)c2)n1. The molecule has 128 valence electrons. The lowest BCUT2D eigenvalue weighted by molar-refractivity contribution is 0.0948. The molecule has 7 nitrogen and oxygen atoms in total. The summed E-state index contributed by atoms with van der Waals surface area (Å²) in [6.45, 7) is 2.71. The number of methoxy groups -OCH3 is 2. The quantitative estimate of drug-likeness (QED) is 0.724. The predicted molar refractivity (Wildman–Crippen MR) is 92.1 cm³/mol. The van der Waals surface area contributed by atoms with Crippen molar-refractivity contribution in [3.05, 3.63) is 36.2 Å². The van der Waals surface area contributed by atoms with E-state index >= 15 is 0 Å². The molecule has 0 saturated carbocycles. The number of nitrogens with zero attached hydrogens (tertiary/aromatic N) is 2. The van der Waals surface area contributed by atoms with Gasteiger partial charge in [0, 0.05) is 24.5 Å². The summed E-state index contributed by atoms with van der Waals surface area (Å²) in [6, 6.07) is 6.96. The third-order valence-corrected chi connectivity index (χ3v) is 3.34. The van der Waals surface area contributed by atoms with Gasteiger partial charge in [0.2, 0.25) is 5.95 Å². The van der Waals surface area contributed by atoms with Gasteiger partial charge >= 0.3 is 0 Å². The van der Waals surface area contributed by atoms with Crippen LogP contribution in [-0.2, 0) is 0 Å². The number of anilines is 2. The molecule has 0 bridgehead atoms. The van der Waals surface area contributed by atoms with E-state index in [1.54, 1.807) is 38.6 Å². The van der Waals surface area contributed by atoms with Crippen molar-refractivity contribution < 1.29 is 14.3 Å². The Balaban J connectivity index is 2.10. The summed E-state index contributed by atoms with van der Waals surface area (Å²) in [5.41, 5.74) is 1.06. The molecule has 2 aromatic rings. The molecule has 1 aromatic carbocycles. The van der Waals surface area contributed by atoms with Crippen LogP contribution in [0.3, 0.4) is 0 Å². The number of aromatic nitrogens is 2. The number of ether oxygens (including phenoxy) is 2. The molecule has 0 atom stereocenters. The topological polar surface area (TPSA) is 85.4 Å². The van der Waals surface area contributed by atoms with Gasteiger partial charge in [0.25, 0.3) is 5.91 Å². The molecule has 0 fully saturated rings. The predicted octanol–water partition coefficient (Wildman–Crippen LogP) is 2.77. The summed E-state index contributed by atoms with van der Waals surface area (Å²) in [5.74, 6) is 1.36. The largest absolute Gasteiger partial charge is 0.493 e. The van der Waals surface area contributed by atoms with Crippen molar-refractivity contribution >= 4 is 17.5 Å². The average Bonchev–Trinajstić information content (AvgIpc) is 2.62. The molecular weight excluding hydrogens is 308 g/mol. The fourth-order valence-corrected chi connectivity index (χ4v) is 2.06. The maximum absolute atomic E-state index is 12.0. The lowest BCUT2D eigenvalue weighted by Crippen LogP contribution is -2.25. The monoisotopic (exact) mass is 330 g/mol. The zero-order valence-electron chi connectivity index (χ0n) is 14.1. The number of carbonyl (C=O) groups is 1. The zero-order valence-corrected chi connectivity index (χ0v) is 14.1. The highest BCUT2D eigenvalue weighted by molar-refractivity contribution is 5.92. The second-order valence-electron chi connectivity index (χ2n) is 5.07. The zero-order chi connectivity index (χ0) is 17.4. The van der Waals surface area contributed by atoms with E-state index in [1.807, 2.05) is 6.07 Å². The lowest BCUT2D eigenvalue weighted by atomic mass is 10.2. The lowest BCUT2D eigenvalue weighted by Gasteiger charge is -2.11.